The minimum Gasteiger partial charge on any atom is -0.504 e. The lowest BCUT2D eigenvalue weighted by Gasteiger charge is -2.34. The fraction of sp³-hybridized carbons (Fsp3) is 0.435. The zero-order chi connectivity index (χ0) is 22.2. The quantitative estimate of drug-likeness (QED) is 0.462. The summed E-state index contributed by atoms with van der Waals surface area (Å²) in [6, 6.07) is 9.38. The zero-order valence-corrected chi connectivity index (χ0v) is 18.0. The van der Waals surface area contributed by atoms with Gasteiger partial charge >= 0.3 is 0 Å². The summed E-state index contributed by atoms with van der Waals surface area (Å²) in [5.41, 5.74) is 0.772. The van der Waals surface area contributed by atoms with Gasteiger partial charge in [-0.1, -0.05) is 18.2 Å². The fourth-order valence-electron chi connectivity index (χ4n) is 3.76. The van der Waals surface area contributed by atoms with Crippen molar-refractivity contribution in [2.75, 3.05) is 26.7 Å². The first-order valence-corrected chi connectivity index (χ1v) is 10.6. The van der Waals surface area contributed by atoms with Crippen LogP contribution < -0.4 is 15.4 Å². The summed E-state index contributed by atoms with van der Waals surface area (Å²) in [5, 5.41) is 16.9. The predicted molar refractivity (Wildman–Crippen MR) is 117 cm³/mol. The van der Waals surface area contributed by atoms with E-state index in [1.54, 1.807) is 12.1 Å². The summed E-state index contributed by atoms with van der Waals surface area (Å²) >= 11 is 0. The number of likely N-dealkylation sites (tertiary alicyclic amines) is 1. The third-order valence-electron chi connectivity index (χ3n) is 5.34. The van der Waals surface area contributed by atoms with Crippen LogP contribution in [-0.2, 0) is 13.1 Å². The number of methoxy groups -OCH3 is 1. The Bertz CT molecular complexity index is 887. The molecule has 31 heavy (non-hydrogen) atoms. The third kappa shape index (κ3) is 6.07. The molecule has 1 unspecified atom stereocenters. The molecule has 0 radical (unpaired) electrons. The number of phenolic OH excluding ortho intramolecular Hbond substituents is 1. The van der Waals surface area contributed by atoms with Crippen LogP contribution in [0.3, 0.4) is 0 Å². The van der Waals surface area contributed by atoms with Crippen LogP contribution in [0.2, 0.25) is 0 Å². The molecule has 3 rings (SSSR count). The first-order chi connectivity index (χ1) is 15.0. The predicted octanol–water partition coefficient (Wildman–Crippen LogP) is 3.40. The van der Waals surface area contributed by atoms with E-state index in [0.29, 0.717) is 30.4 Å². The zero-order valence-electron chi connectivity index (χ0n) is 18.0. The first kappa shape index (κ1) is 22.8. The molecule has 0 aromatic heterocycles. The molecule has 1 aliphatic heterocycles. The Morgan fingerprint density at radius 3 is 2.68 bits per heavy atom. The number of nitrogens with one attached hydrogen (secondary N) is 2. The van der Waals surface area contributed by atoms with Crippen molar-refractivity contribution in [3.8, 4) is 11.5 Å². The van der Waals surface area contributed by atoms with Crippen molar-refractivity contribution in [2.24, 2.45) is 4.99 Å². The summed E-state index contributed by atoms with van der Waals surface area (Å²) in [6.07, 6.45) is 1.86. The van der Waals surface area contributed by atoms with E-state index in [0.717, 1.165) is 19.4 Å². The van der Waals surface area contributed by atoms with Crippen molar-refractivity contribution < 1.29 is 18.6 Å². The molecule has 1 aliphatic rings. The molecule has 1 heterocycles. The van der Waals surface area contributed by atoms with E-state index in [2.05, 4.69) is 20.5 Å². The number of guanidine groups is 1. The van der Waals surface area contributed by atoms with Crippen LogP contribution >= 0.6 is 0 Å². The number of piperidine rings is 1. The highest BCUT2D eigenvalue weighted by Crippen LogP contribution is 2.29. The average molecular weight is 433 g/mol. The number of aliphatic imine (C=N–C) groups is 1. The van der Waals surface area contributed by atoms with Crippen LogP contribution in [-0.4, -0.2) is 48.8 Å². The van der Waals surface area contributed by atoms with Gasteiger partial charge in [0.05, 0.1) is 13.7 Å². The largest absolute Gasteiger partial charge is 0.504 e. The maximum atomic E-state index is 14.0. The molecule has 0 amide bonds. The molecule has 3 N–H and O–H groups in total. The van der Waals surface area contributed by atoms with E-state index in [9.17, 15) is 13.9 Å². The number of halogens is 2. The average Bonchev–Trinajstić information content (AvgIpc) is 2.76. The van der Waals surface area contributed by atoms with Crippen molar-refractivity contribution in [3.63, 3.8) is 0 Å². The Labute approximate surface area is 181 Å². The fourth-order valence-corrected chi connectivity index (χ4v) is 3.76. The smallest absolute Gasteiger partial charge is 0.191 e. The summed E-state index contributed by atoms with van der Waals surface area (Å²) < 4.78 is 33.2. The standard InChI is InChI=1S/C23H30F2N4O2/c1-3-26-23(27-13-16-7-4-11-21(31-2)22(16)30)28-17-8-6-12-29(14-17)15-18-19(24)9-5-10-20(18)25/h4-5,7,9-11,17,30H,3,6,8,12-15H2,1-2H3,(H2,26,27,28). The van der Waals surface area contributed by atoms with Gasteiger partial charge in [-0.15, -0.1) is 0 Å². The van der Waals surface area contributed by atoms with Crippen LogP contribution in [0, 0.1) is 11.6 Å². The van der Waals surface area contributed by atoms with Crippen LogP contribution in [0.25, 0.3) is 0 Å². The molecule has 1 fully saturated rings. The van der Waals surface area contributed by atoms with Crippen LogP contribution in [0.5, 0.6) is 11.5 Å². The third-order valence-corrected chi connectivity index (χ3v) is 5.34. The van der Waals surface area contributed by atoms with Gasteiger partial charge in [-0.3, -0.25) is 4.90 Å². The molecule has 168 valence electrons. The monoisotopic (exact) mass is 432 g/mol. The van der Waals surface area contributed by atoms with Gasteiger partial charge in [0, 0.05) is 36.8 Å². The molecule has 6 nitrogen and oxygen atoms in total. The lowest BCUT2D eigenvalue weighted by molar-refractivity contribution is 0.188. The Morgan fingerprint density at radius 1 is 1.23 bits per heavy atom. The number of nitrogens with zero attached hydrogens (tertiary/aromatic N) is 2. The van der Waals surface area contributed by atoms with Crippen molar-refractivity contribution in [1.82, 2.24) is 15.5 Å². The second-order valence-electron chi connectivity index (χ2n) is 7.58. The SMILES string of the molecule is CCNC(=NCc1cccc(OC)c1O)NC1CCCN(Cc2c(F)cccc2F)C1. The van der Waals surface area contributed by atoms with E-state index in [4.69, 9.17) is 4.74 Å². The molecule has 1 saturated heterocycles. The molecule has 2 aromatic carbocycles. The Kier molecular flexibility index (Phi) is 8.06. The molecule has 2 aromatic rings. The van der Waals surface area contributed by atoms with Crippen molar-refractivity contribution in [3.05, 3.63) is 59.2 Å². The summed E-state index contributed by atoms with van der Waals surface area (Å²) in [6.45, 7) is 4.64. The second-order valence-corrected chi connectivity index (χ2v) is 7.58. The number of rotatable bonds is 7. The molecule has 0 spiro atoms. The van der Waals surface area contributed by atoms with Gasteiger partial charge in [0.15, 0.2) is 17.5 Å². The summed E-state index contributed by atoms with van der Waals surface area (Å²) in [5.74, 6) is 0.106. The number of ether oxygens (including phenoxy) is 1. The Hall–Kier alpha value is -2.87. The highest BCUT2D eigenvalue weighted by atomic mass is 19.1. The van der Waals surface area contributed by atoms with Crippen molar-refractivity contribution in [1.29, 1.82) is 0 Å². The van der Waals surface area contributed by atoms with E-state index in [-0.39, 0.29) is 30.4 Å². The number of aromatic hydroxyl groups is 1. The molecule has 0 saturated carbocycles. The summed E-state index contributed by atoms with van der Waals surface area (Å²) in [4.78, 5) is 6.65. The Balaban J connectivity index is 1.64. The Morgan fingerprint density at radius 2 is 1.97 bits per heavy atom. The van der Waals surface area contributed by atoms with Crippen molar-refractivity contribution in [2.45, 2.75) is 38.9 Å². The lowest BCUT2D eigenvalue weighted by atomic mass is 10.0. The van der Waals surface area contributed by atoms with E-state index in [1.165, 1.54) is 25.3 Å². The maximum absolute atomic E-state index is 14.0. The molecule has 0 bridgehead atoms. The topological polar surface area (TPSA) is 69.1 Å². The maximum Gasteiger partial charge on any atom is 0.191 e. The van der Waals surface area contributed by atoms with Gasteiger partial charge in [-0.2, -0.15) is 0 Å². The molecule has 1 atom stereocenters. The van der Waals surface area contributed by atoms with Crippen LogP contribution in [0.15, 0.2) is 41.4 Å². The lowest BCUT2D eigenvalue weighted by Crippen LogP contribution is -2.51. The van der Waals surface area contributed by atoms with Gasteiger partial charge < -0.3 is 20.5 Å². The van der Waals surface area contributed by atoms with Gasteiger partial charge in [-0.05, 0) is 44.5 Å². The van der Waals surface area contributed by atoms with Gasteiger partial charge in [0.25, 0.3) is 0 Å². The number of phenols is 1. The minimum atomic E-state index is -0.511. The van der Waals surface area contributed by atoms with Crippen LogP contribution in [0.4, 0.5) is 8.78 Å². The number of benzene rings is 2. The number of hydrogen-bond acceptors (Lipinski definition) is 4. The van der Waals surface area contributed by atoms with E-state index < -0.39 is 11.6 Å². The van der Waals surface area contributed by atoms with E-state index >= 15 is 0 Å². The number of hydrogen-bond donors (Lipinski definition) is 3. The first-order valence-electron chi connectivity index (χ1n) is 10.6. The van der Waals surface area contributed by atoms with Crippen LogP contribution in [0.1, 0.15) is 30.9 Å². The second kappa shape index (κ2) is 10.9. The number of para-hydroxylation sites is 1. The minimum absolute atomic E-state index is 0.0837. The van der Waals surface area contributed by atoms with Gasteiger partial charge in [-0.25, -0.2) is 13.8 Å². The van der Waals surface area contributed by atoms with Gasteiger partial charge in [0.2, 0.25) is 0 Å². The highest BCUT2D eigenvalue weighted by Gasteiger charge is 2.23. The summed E-state index contributed by atoms with van der Waals surface area (Å²) in [7, 11) is 1.51. The highest BCUT2D eigenvalue weighted by molar-refractivity contribution is 5.80. The molecular formula is C23H30F2N4O2. The van der Waals surface area contributed by atoms with E-state index in [1.807, 2.05) is 13.0 Å². The normalized spacial score (nSPS) is 17.4. The molecule has 8 heteroatoms. The van der Waals surface area contributed by atoms with Crippen molar-refractivity contribution >= 4 is 5.96 Å². The molecule has 0 aliphatic carbocycles. The molecular weight excluding hydrogens is 402 g/mol. The van der Waals surface area contributed by atoms with Gasteiger partial charge in [0.1, 0.15) is 11.6 Å².